The first kappa shape index (κ1) is 19.3. The lowest BCUT2D eigenvalue weighted by Crippen LogP contribution is -2.37. The monoisotopic (exact) mass is 343 g/mol. The van der Waals surface area contributed by atoms with Gasteiger partial charge in [-0.1, -0.05) is 0 Å². The predicted octanol–water partition coefficient (Wildman–Crippen LogP) is -0.207. The van der Waals surface area contributed by atoms with Crippen LogP contribution in [0.4, 0.5) is 0 Å². The lowest BCUT2D eigenvalue weighted by Gasteiger charge is -2.11. The smallest absolute Gasteiger partial charge is 0.242 e. The van der Waals surface area contributed by atoms with E-state index in [1.807, 2.05) is 6.92 Å². The van der Waals surface area contributed by atoms with Crippen LogP contribution in [0, 0.1) is 0 Å². The third kappa shape index (κ3) is 5.33. The summed E-state index contributed by atoms with van der Waals surface area (Å²) in [6, 6.07) is 2.37. The number of likely N-dealkylation sites (N-methyl/N-ethyl adjacent to an activating group) is 1. The maximum absolute atomic E-state index is 11.9. The first-order valence-electron chi connectivity index (χ1n) is 5.50. The number of nitrogens with one attached hydrogen (secondary N) is 2. The maximum atomic E-state index is 11.9. The molecule has 2 N–H and O–H groups in total. The van der Waals surface area contributed by atoms with Crippen molar-refractivity contribution < 1.29 is 16.8 Å². The van der Waals surface area contributed by atoms with Gasteiger partial charge in [-0.3, -0.25) is 0 Å². The Morgan fingerprint density at radius 3 is 2.25 bits per heavy atom. The van der Waals surface area contributed by atoms with E-state index in [1.165, 1.54) is 12.1 Å². The molecule has 0 saturated heterocycles. The molecule has 20 heavy (non-hydrogen) atoms. The second kappa shape index (κ2) is 7.32. The van der Waals surface area contributed by atoms with E-state index in [4.69, 9.17) is 0 Å². The van der Waals surface area contributed by atoms with Gasteiger partial charge in [0.25, 0.3) is 0 Å². The molecule has 0 spiro atoms. The van der Waals surface area contributed by atoms with Crippen molar-refractivity contribution in [2.45, 2.75) is 22.9 Å². The summed E-state index contributed by atoms with van der Waals surface area (Å²) in [5.74, 6) is 0. The summed E-state index contributed by atoms with van der Waals surface area (Å²) in [5, 5.41) is 2.74. The number of pyridine rings is 1. The Labute approximate surface area is 125 Å². The highest BCUT2D eigenvalue weighted by atomic mass is 35.5. The molecule has 1 aromatic heterocycles. The zero-order chi connectivity index (χ0) is 14.7. The summed E-state index contributed by atoms with van der Waals surface area (Å²) in [7, 11) is -5.38. The molecule has 1 unspecified atom stereocenters. The number of hydrogen-bond acceptors (Lipinski definition) is 6. The van der Waals surface area contributed by atoms with Crippen LogP contribution in [0.1, 0.15) is 6.92 Å². The molecule has 1 aromatic rings. The van der Waals surface area contributed by atoms with Crippen LogP contribution < -0.4 is 10.0 Å². The highest BCUT2D eigenvalue weighted by Crippen LogP contribution is 2.10. The second-order valence-electron chi connectivity index (χ2n) is 4.15. The molecule has 0 radical (unpaired) electrons. The van der Waals surface area contributed by atoms with Gasteiger partial charge in [-0.05, 0) is 26.1 Å². The van der Waals surface area contributed by atoms with Crippen LogP contribution in [0.15, 0.2) is 28.3 Å². The number of sulfonamides is 1. The minimum Gasteiger partial charge on any atom is -0.316 e. The van der Waals surface area contributed by atoms with Crippen molar-refractivity contribution >= 4 is 32.3 Å². The first-order chi connectivity index (χ1) is 8.66. The Kier molecular flexibility index (Phi) is 7.05. The van der Waals surface area contributed by atoms with Gasteiger partial charge in [0.2, 0.25) is 10.0 Å². The van der Waals surface area contributed by atoms with Crippen LogP contribution in [0.5, 0.6) is 0 Å². The van der Waals surface area contributed by atoms with Gasteiger partial charge in [0, 0.05) is 25.0 Å². The van der Waals surface area contributed by atoms with E-state index in [0.717, 1.165) is 12.5 Å². The Morgan fingerprint density at radius 2 is 1.85 bits per heavy atom. The van der Waals surface area contributed by atoms with E-state index in [0.29, 0.717) is 0 Å². The molecule has 0 aromatic carbocycles. The number of sulfone groups is 1. The molecule has 7 nitrogen and oxygen atoms in total. The molecule has 10 heteroatoms. The molecule has 1 heterocycles. The standard InChI is InChI=1S/C10H17N3O4S2.ClH/c1-8(11-2)6-13-19(16,17)9-4-5-10(12-7-9)18(3,14)15;/h4-5,7-8,11,13H,6H2,1-3H3;1H. The molecule has 0 aliphatic heterocycles. The van der Waals surface area contributed by atoms with E-state index < -0.39 is 19.9 Å². The van der Waals surface area contributed by atoms with Crippen LogP contribution in [0.25, 0.3) is 0 Å². The van der Waals surface area contributed by atoms with Gasteiger partial charge in [0.15, 0.2) is 14.9 Å². The third-order valence-electron chi connectivity index (χ3n) is 2.47. The van der Waals surface area contributed by atoms with Crippen LogP contribution in [0.2, 0.25) is 0 Å². The highest BCUT2D eigenvalue weighted by Gasteiger charge is 2.17. The second-order valence-corrected chi connectivity index (χ2v) is 7.88. The summed E-state index contributed by atoms with van der Waals surface area (Å²) in [4.78, 5) is 3.57. The molecule has 0 amide bonds. The summed E-state index contributed by atoms with van der Waals surface area (Å²) >= 11 is 0. The normalized spacial score (nSPS) is 13.6. The molecule has 0 aliphatic carbocycles. The third-order valence-corrected chi connectivity index (χ3v) is 4.88. The molecule has 0 bridgehead atoms. The van der Waals surface area contributed by atoms with Crippen molar-refractivity contribution in [2.24, 2.45) is 0 Å². The quantitative estimate of drug-likeness (QED) is 0.740. The van der Waals surface area contributed by atoms with Gasteiger partial charge >= 0.3 is 0 Å². The largest absolute Gasteiger partial charge is 0.316 e. The average molecular weight is 344 g/mol. The molecule has 0 fully saturated rings. The maximum Gasteiger partial charge on any atom is 0.242 e. The minimum atomic E-state index is -3.68. The van der Waals surface area contributed by atoms with Crippen LogP contribution in [-0.4, -0.2) is 47.7 Å². The van der Waals surface area contributed by atoms with Gasteiger partial charge in [-0.15, -0.1) is 12.4 Å². The van der Waals surface area contributed by atoms with Crippen molar-refractivity contribution in [1.82, 2.24) is 15.0 Å². The van der Waals surface area contributed by atoms with Crippen LogP contribution >= 0.6 is 12.4 Å². The number of aromatic nitrogens is 1. The van der Waals surface area contributed by atoms with Crippen molar-refractivity contribution in [2.75, 3.05) is 19.8 Å². The number of hydrogen-bond donors (Lipinski definition) is 2. The Bertz CT molecular complexity index is 629. The van der Waals surface area contributed by atoms with Crippen LogP contribution in [0.3, 0.4) is 0 Å². The van der Waals surface area contributed by atoms with Crippen molar-refractivity contribution in [1.29, 1.82) is 0 Å². The van der Waals surface area contributed by atoms with Gasteiger partial charge in [-0.2, -0.15) is 0 Å². The van der Waals surface area contributed by atoms with E-state index in [2.05, 4.69) is 15.0 Å². The molecule has 0 aliphatic rings. The Morgan fingerprint density at radius 1 is 1.25 bits per heavy atom. The van der Waals surface area contributed by atoms with Gasteiger partial charge in [-0.25, -0.2) is 26.5 Å². The molecule has 116 valence electrons. The van der Waals surface area contributed by atoms with Crippen molar-refractivity contribution in [3.05, 3.63) is 18.3 Å². The lowest BCUT2D eigenvalue weighted by molar-refractivity contribution is 0.553. The molecular formula is C10H18ClN3O4S2. The van der Waals surface area contributed by atoms with E-state index >= 15 is 0 Å². The fraction of sp³-hybridized carbons (Fsp3) is 0.500. The Hall–Kier alpha value is -0.740. The van der Waals surface area contributed by atoms with Crippen molar-refractivity contribution in [3.63, 3.8) is 0 Å². The Balaban J connectivity index is 0.00000361. The van der Waals surface area contributed by atoms with Crippen LogP contribution in [-0.2, 0) is 19.9 Å². The fourth-order valence-corrected chi connectivity index (χ4v) is 2.80. The zero-order valence-corrected chi connectivity index (χ0v) is 13.8. The zero-order valence-electron chi connectivity index (χ0n) is 11.3. The molecule has 0 saturated carbocycles. The lowest BCUT2D eigenvalue weighted by atomic mass is 10.4. The summed E-state index contributed by atoms with van der Waals surface area (Å²) in [6.07, 6.45) is 2.04. The topological polar surface area (TPSA) is 105 Å². The number of rotatable bonds is 6. The summed E-state index contributed by atoms with van der Waals surface area (Å²) in [6.45, 7) is 2.06. The van der Waals surface area contributed by atoms with Crippen molar-refractivity contribution in [3.8, 4) is 0 Å². The minimum absolute atomic E-state index is 0. The average Bonchev–Trinajstić information content (AvgIpc) is 2.35. The summed E-state index contributed by atoms with van der Waals surface area (Å²) in [5.41, 5.74) is 0. The molecular weight excluding hydrogens is 326 g/mol. The number of halogens is 1. The fourth-order valence-electron chi connectivity index (χ4n) is 1.17. The SMILES string of the molecule is CNC(C)CNS(=O)(=O)c1ccc(S(C)(=O)=O)nc1.Cl. The summed E-state index contributed by atoms with van der Waals surface area (Å²) < 4.78 is 48.6. The predicted molar refractivity (Wildman–Crippen MR) is 78.3 cm³/mol. The van der Waals surface area contributed by atoms with E-state index in [-0.39, 0.29) is 34.9 Å². The molecule has 1 rings (SSSR count). The van der Waals surface area contributed by atoms with Gasteiger partial charge in [0.1, 0.15) is 4.90 Å². The van der Waals surface area contributed by atoms with E-state index in [9.17, 15) is 16.8 Å². The number of nitrogens with zero attached hydrogens (tertiary/aromatic N) is 1. The van der Waals surface area contributed by atoms with Gasteiger partial charge in [0.05, 0.1) is 0 Å². The first-order valence-corrected chi connectivity index (χ1v) is 8.87. The van der Waals surface area contributed by atoms with E-state index in [1.54, 1.807) is 7.05 Å². The highest BCUT2D eigenvalue weighted by molar-refractivity contribution is 7.90. The molecule has 1 atom stereocenters. The van der Waals surface area contributed by atoms with Gasteiger partial charge < -0.3 is 5.32 Å².